The van der Waals surface area contributed by atoms with Gasteiger partial charge >= 0.3 is 0 Å². The summed E-state index contributed by atoms with van der Waals surface area (Å²) in [7, 11) is 0. The summed E-state index contributed by atoms with van der Waals surface area (Å²) < 4.78 is 11.4. The summed E-state index contributed by atoms with van der Waals surface area (Å²) in [5, 5.41) is 2.88. The SMILES string of the molecule is Nc1ccc(OCCCCCOc2ccc(NC(=O)c3ccccc3)cc2)cc1. The van der Waals surface area contributed by atoms with Crippen molar-refractivity contribution in [2.24, 2.45) is 0 Å². The summed E-state index contributed by atoms with van der Waals surface area (Å²) >= 11 is 0. The third kappa shape index (κ3) is 6.88. The lowest BCUT2D eigenvalue weighted by molar-refractivity contribution is 0.102. The molecule has 0 saturated carbocycles. The number of nitrogens with two attached hydrogens (primary N) is 1. The second kappa shape index (κ2) is 10.8. The van der Waals surface area contributed by atoms with E-state index >= 15 is 0 Å². The Bertz CT molecular complexity index is 878. The van der Waals surface area contributed by atoms with E-state index in [-0.39, 0.29) is 5.91 Å². The van der Waals surface area contributed by atoms with Gasteiger partial charge in [0.05, 0.1) is 13.2 Å². The van der Waals surface area contributed by atoms with Gasteiger partial charge < -0.3 is 20.5 Å². The lowest BCUT2D eigenvalue weighted by Gasteiger charge is -2.09. The summed E-state index contributed by atoms with van der Waals surface area (Å²) in [6.07, 6.45) is 2.95. The van der Waals surface area contributed by atoms with Crippen LogP contribution in [0.25, 0.3) is 0 Å². The molecule has 0 radical (unpaired) electrons. The van der Waals surface area contributed by atoms with Gasteiger partial charge in [-0.15, -0.1) is 0 Å². The van der Waals surface area contributed by atoms with Crippen LogP contribution in [0.2, 0.25) is 0 Å². The van der Waals surface area contributed by atoms with E-state index in [1.54, 1.807) is 12.1 Å². The van der Waals surface area contributed by atoms with Gasteiger partial charge in [0.25, 0.3) is 5.91 Å². The van der Waals surface area contributed by atoms with Gasteiger partial charge in [0.15, 0.2) is 0 Å². The van der Waals surface area contributed by atoms with Gasteiger partial charge in [-0.1, -0.05) is 18.2 Å². The Balaban J connectivity index is 1.30. The number of anilines is 2. The molecule has 0 saturated heterocycles. The van der Waals surface area contributed by atoms with Crippen LogP contribution >= 0.6 is 0 Å². The Morgan fingerprint density at radius 3 is 1.86 bits per heavy atom. The first-order valence-corrected chi connectivity index (χ1v) is 9.78. The summed E-state index contributed by atoms with van der Waals surface area (Å²) in [4.78, 5) is 12.1. The van der Waals surface area contributed by atoms with E-state index in [1.807, 2.05) is 66.7 Å². The highest BCUT2D eigenvalue weighted by atomic mass is 16.5. The van der Waals surface area contributed by atoms with Crippen LogP contribution in [0.15, 0.2) is 78.9 Å². The van der Waals surface area contributed by atoms with Crippen molar-refractivity contribution in [2.45, 2.75) is 19.3 Å². The molecular formula is C24H26N2O3. The van der Waals surface area contributed by atoms with Gasteiger partial charge in [-0.25, -0.2) is 0 Å². The Labute approximate surface area is 171 Å². The van der Waals surface area contributed by atoms with E-state index in [9.17, 15) is 4.79 Å². The molecule has 0 atom stereocenters. The quantitative estimate of drug-likeness (QED) is 0.371. The summed E-state index contributed by atoms with van der Waals surface area (Å²) in [6, 6.07) is 24.0. The Kier molecular flexibility index (Phi) is 7.52. The minimum Gasteiger partial charge on any atom is -0.494 e. The standard InChI is InChI=1S/C24H26N2O3/c25-20-9-13-22(14-10-20)28-17-5-2-6-18-29-23-15-11-21(12-16-23)26-24(27)19-7-3-1-4-8-19/h1,3-4,7-16H,2,5-6,17-18,25H2,(H,26,27). The topological polar surface area (TPSA) is 73.6 Å². The van der Waals surface area contributed by atoms with Crippen LogP contribution in [0, 0.1) is 0 Å². The lowest BCUT2D eigenvalue weighted by Crippen LogP contribution is -2.11. The number of nitrogen functional groups attached to an aromatic ring is 1. The van der Waals surface area contributed by atoms with Crippen molar-refractivity contribution < 1.29 is 14.3 Å². The first-order chi connectivity index (χ1) is 14.2. The molecule has 0 aliphatic heterocycles. The highest BCUT2D eigenvalue weighted by Gasteiger charge is 2.05. The number of nitrogens with one attached hydrogen (secondary N) is 1. The van der Waals surface area contributed by atoms with E-state index in [2.05, 4.69) is 5.32 Å². The van der Waals surface area contributed by atoms with Crippen LogP contribution in [0.4, 0.5) is 11.4 Å². The zero-order valence-electron chi connectivity index (χ0n) is 16.3. The maximum atomic E-state index is 12.1. The minimum absolute atomic E-state index is 0.125. The van der Waals surface area contributed by atoms with Crippen molar-refractivity contribution in [3.63, 3.8) is 0 Å². The van der Waals surface area contributed by atoms with Crippen molar-refractivity contribution in [1.82, 2.24) is 0 Å². The second-order valence-electron chi connectivity index (χ2n) is 6.67. The second-order valence-corrected chi connectivity index (χ2v) is 6.67. The monoisotopic (exact) mass is 390 g/mol. The van der Waals surface area contributed by atoms with Crippen molar-refractivity contribution in [3.8, 4) is 11.5 Å². The Hall–Kier alpha value is -3.47. The number of benzene rings is 3. The zero-order chi connectivity index (χ0) is 20.3. The molecule has 3 aromatic carbocycles. The maximum Gasteiger partial charge on any atom is 0.255 e. The highest BCUT2D eigenvalue weighted by Crippen LogP contribution is 2.17. The molecular weight excluding hydrogens is 364 g/mol. The smallest absolute Gasteiger partial charge is 0.255 e. The molecule has 150 valence electrons. The lowest BCUT2D eigenvalue weighted by atomic mass is 10.2. The third-order valence-corrected chi connectivity index (χ3v) is 4.35. The number of unbranched alkanes of at least 4 members (excludes halogenated alkanes) is 2. The van der Waals surface area contributed by atoms with Crippen molar-refractivity contribution in [3.05, 3.63) is 84.4 Å². The van der Waals surface area contributed by atoms with Crippen LogP contribution in [0.1, 0.15) is 29.6 Å². The molecule has 0 aliphatic carbocycles. The van der Waals surface area contributed by atoms with Crippen molar-refractivity contribution in [2.75, 3.05) is 24.3 Å². The molecule has 0 aromatic heterocycles. The van der Waals surface area contributed by atoms with Crippen LogP contribution in [-0.4, -0.2) is 19.1 Å². The molecule has 29 heavy (non-hydrogen) atoms. The number of carbonyl (C=O) groups is 1. The third-order valence-electron chi connectivity index (χ3n) is 4.35. The predicted octanol–water partition coefficient (Wildman–Crippen LogP) is 5.15. The number of ether oxygens (including phenoxy) is 2. The number of hydrogen-bond acceptors (Lipinski definition) is 4. The number of hydrogen-bond donors (Lipinski definition) is 2. The Morgan fingerprint density at radius 2 is 1.28 bits per heavy atom. The van der Waals surface area contributed by atoms with E-state index in [0.717, 1.165) is 42.1 Å². The van der Waals surface area contributed by atoms with Gasteiger partial charge in [0.2, 0.25) is 0 Å². The molecule has 0 bridgehead atoms. The summed E-state index contributed by atoms with van der Waals surface area (Å²) in [5.41, 5.74) is 7.76. The van der Waals surface area contributed by atoms with Gasteiger partial charge in [0, 0.05) is 16.9 Å². The first-order valence-electron chi connectivity index (χ1n) is 9.78. The fourth-order valence-electron chi connectivity index (χ4n) is 2.75. The molecule has 5 nitrogen and oxygen atoms in total. The van der Waals surface area contributed by atoms with E-state index in [0.29, 0.717) is 18.8 Å². The summed E-state index contributed by atoms with van der Waals surface area (Å²) in [5.74, 6) is 1.51. The highest BCUT2D eigenvalue weighted by molar-refractivity contribution is 6.04. The first kappa shape index (κ1) is 20.3. The largest absolute Gasteiger partial charge is 0.494 e. The molecule has 0 heterocycles. The van der Waals surface area contributed by atoms with Crippen LogP contribution in [-0.2, 0) is 0 Å². The number of rotatable bonds is 10. The molecule has 3 aromatic rings. The van der Waals surface area contributed by atoms with Gasteiger partial charge in [-0.2, -0.15) is 0 Å². The van der Waals surface area contributed by atoms with Gasteiger partial charge in [-0.05, 0) is 79.9 Å². The van der Waals surface area contributed by atoms with Gasteiger partial charge in [-0.3, -0.25) is 4.79 Å². The molecule has 3 rings (SSSR count). The molecule has 0 spiro atoms. The molecule has 1 amide bonds. The van der Waals surface area contributed by atoms with Crippen molar-refractivity contribution in [1.29, 1.82) is 0 Å². The normalized spacial score (nSPS) is 10.3. The predicted molar refractivity (Wildman–Crippen MR) is 117 cm³/mol. The average molecular weight is 390 g/mol. The minimum atomic E-state index is -0.125. The number of carbonyl (C=O) groups excluding carboxylic acids is 1. The van der Waals surface area contributed by atoms with Crippen LogP contribution < -0.4 is 20.5 Å². The molecule has 3 N–H and O–H groups in total. The van der Waals surface area contributed by atoms with E-state index in [1.165, 1.54) is 0 Å². The molecule has 0 aliphatic rings. The Morgan fingerprint density at radius 1 is 0.724 bits per heavy atom. The average Bonchev–Trinajstić information content (AvgIpc) is 2.76. The molecule has 5 heteroatoms. The fourth-order valence-corrected chi connectivity index (χ4v) is 2.75. The summed E-state index contributed by atoms with van der Waals surface area (Å²) in [6.45, 7) is 1.33. The number of amides is 1. The van der Waals surface area contributed by atoms with E-state index in [4.69, 9.17) is 15.2 Å². The van der Waals surface area contributed by atoms with Crippen molar-refractivity contribution >= 4 is 17.3 Å². The van der Waals surface area contributed by atoms with Crippen LogP contribution in [0.3, 0.4) is 0 Å². The van der Waals surface area contributed by atoms with Crippen LogP contribution in [0.5, 0.6) is 11.5 Å². The molecule has 0 unspecified atom stereocenters. The van der Waals surface area contributed by atoms with Gasteiger partial charge in [0.1, 0.15) is 11.5 Å². The maximum absolute atomic E-state index is 12.1. The fraction of sp³-hybridized carbons (Fsp3) is 0.208. The zero-order valence-corrected chi connectivity index (χ0v) is 16.3. The van der Waals surface area contributed by atoms with E-state index < -0.39 is 0 Å². The molecule has 0 fully saturated rings.